The number of rotatable bonds is 7. The summed E-state index contributed by atoms with van der Waals surface area (Å²) in [6.45, 7) is 16.4. The highest BCUT2D eigenvalue weighted by Gasteiger charge is 2.48. The van der Waals surface area contributed by atoms with Crippen LogP contribution in [0.5, 0.6) is 0 Å². The standard InChI is InChI=1S/C32H48N4O4/c1-19(2)23(17-20(3)30(39)40-12)36(11)29(38)26(31(4,5)6)33-28(37)27-32(7,8)25-21-15-13-14-16-22(21)35(10)24(25)18-34(27)9/h13-17,19,23,26-27H,18H2,1-12H3,(H,33,37)/b20-17+. The van der Waals surface area contributed by atoms with Crippen molar-refractivity contribution in [3.8, 4) is 0 Å². The molecule has 8 nitrogen and oxygen atoms in total. The maximum Gasteiger partial charge on any atom is 0.333 e. The smallest absolute Gasteiger partial charge is 0.333 e. The Hall–Kier alpha value is -3.13. The lowest BCUT2D eigenvalue weighted by Crippen LogP contribution is -2.63. The highest BCUT2D eigenvalue weighted by atomic mass is 16.5. The normalized spacial score (nSPS) is 19.2. The molecule has 3 rings (SSSR count). The van der Waals surface area contributed by atoms with Crippen molar-refractivity contribution in [1.82, 2.24) is 19.7 Å². The van der Waals surface area contributed by atoms with Gasteiger partial charge in [-0.25, -0.2) is 4.79 Å². The number of aryl methyl sites for hydroxylation is 1. The van der Waals surface area contributed by atoms with E-state index in [9.17, 15) is 14.4 Å². The minimum absolute atomic E-state index is 0.0399. The number of amides is 2. The van der Waals surface area contributed by atoms with Gasteiger partial charge in [0.1, 0.15) is 6.04 Å². The van der Waals surface area contributed by atoms with Crippen LogP contribution < -0.4 is 5.32 Å². The van der Waals surface area contributed by atoms with Crippen LogP contribution in [0.25, 0.3) is 10.9 Å². The largest absolute Gasteiger partial charge is 0.466 e. The quantitative estimate of drug-likeness (QED) is 0.407. The number of para-hydroxylation sites is 1. The Morgan fingerprint density at radius 3 is 2.30 bits per heavy atom. The van der Waals surface area contributed by atoms with Crippen LogP contribution in [0.4, 0.5) is 0 Å². The van der Waals surface area contributed by atoms with Gasteiger partial charge in [-0.15, -0.1) is 0 Å². The summed E-state index contributed by atoms with van der Waals surface area (Å²) in [5.74, 6) is -0.758. The number of carbonyl (C=O) groups is 3. The fourth-order valence-corrected chi connectivity index (χ4v) is 6.35. The minimum atomic E-state index is -0.767. The molecule has 1 aromatic carbocycles. The van der Waals surface area contributed by atoms with E-state index < -0.39 is 28.9 Å². The summed E-state index contributed by atoms with van der Waals surface area (Å²) in [4.78, 5) is 44.0. The molecule has 0 aliphatic carbocycles. The molecule has 1 aromatic heterocycles. The lowest BCUT2D eigenvalue weighted by atomic mass is 9.72. The molecule has 3 atom stereocenters. The summed E-state index contributed by atoms with van der Waals surface area (Å²) in [7, 11) is 7.13. The summed E-state index contributed by atoms with van der Waals surface area (Å²) < 4.78 is 7.09. The molecule has 8 heteroatoms. The van der Waals surface area contributed by atoms with Gasteiger partial charge in [-0.1, -0.05) is 72.7 Å². The number of esters is 1. The molecular weight excluding hydrogens is 504 g/mol. The number of nitrogens with one attached hydrogen (secondary N) is 1. The van der Waals surface area contributed by atoms with Crippen LogP contribution in [-0.2, 0) is 38.1 Å². The third-order valence-electron chi connectivity index (χ3n) is 8.45. The van der Waals surface area contributed by atoms with E-state index in [1.807, 2.05) is 53.8 Å². The Morgan fingerprint density at radius 2 is 1.75 bits per heavy atom. The van der Waals surface area contributed by atoms with Crippen molar-refractivity contribution in [2.24, 2.45) is 18.4 Å². The lowest BCUT2D eigenvalue weighted by Gasteiger charge is -2.45. The van der Waals surface area contributed by atoms with Crippen LogP contribution >= 0.6 is 0 Å². The van der Waals surface area contributed by atoms with Gasteiger partial charge < -0.3 is 19.5 Å². The maximum atomic E-state index is 14.2. The number of hydrogen-bond acceptors (Lipinski definition) is 5. The molecule has 0 fully saturated rings. The highest BCUT2D eigenvalue weighted by Crippen LogP contribution is 2.43. The second kappa shape index (κ2) is 11.4. The summed E-state index contributed by atoms with van der Waals surface area (Å²) in [6.07, 6.45) is 1.77. The first-order valence-electron chi connectivity index (χ1n) is 14.1. The van der Waals surface area contributed by atoms with Crippen molar-refractivity contribution < 1.29 is 19.1 Å². The van der Waals surface area contributed by atoms with Gasteiger partial charge in [0, 0.05) is 48.2 Å². The third kappa shape index (κ3) is 5.69. The van der Waals surface area contributed by atoms with E-state index in [0.717, 1.165) is 10.9 Å². The number of benzene rings is 1. The van der Waals surface area contributed by atoms with Gasteiger partial charge in [-0.3, -0.25) is 14.5 Å². The van der Waals surface area contributed by atoms with Gasteiger partial charge >= 0.3 is 5.97 Å². The first kappa shape index (κ1) is 31.4. The molecule has 2 heterocycles. The Morgan fingerprint density at radius 1 is 1.15 bits per heavy atom. The summed E-state index contributed by atoms with van der Waals surface area (Å²) in [5, 5.41) is 4.33. The summed E-state index contributed by atoms with van der Waals surface area (Å²) >= 11 is 0. The number of ether oxygens (including phenoxy) is 1. The van der Waals surface area contributed by atoms with Crippen LogP contribution in [-0.4, -0.2) is 71.5 Å². The number of aromatic nitrogens is 1. The fraction of sp³-hybridized carbons (Fsp3) is 0.594. The summed E-state index contributed by atoms with van der Waals surface area (Å²) in [6, 6.07) is 6.73. The molecule has 0 bridgehead atoms. The Labute approximate surface area is 239 Å². The molecule has 1 aliphatic rings. The molecular formula is C32H48N4O4. The molecule has 0 radical (unpaired) electrons. The molecule has 3 unspecified atom stereocenters. The fourth-order valence-electron chi connectivity index (χ4n) is 6.35. The molecule has 2 amide bonds. The Kier molecular flexibility index (Phi) is 8.94. The van der Waals surface area contributed by atoms with Crippen LogP contribution in [0.2, 0.25) is 0 Å². The maximum absolute atomic E-state index is 14.2. The van der Waals surface area contributed by atoms with E-state index in [-0.39, 0.29) is 23.8 Å². The second-order valence-corrected chi connectivity index (χ2v) is 13.3. The zero-order chi connectivity index (χ0) is 30.3. The lowest BCUT2D eigenvalue weighted by molar-refractivity contribution is -0.142. The van der Waals surface area contributed by atoms with Crippen LogP contribution in [0.3, 0.4) is 0 Å². The van der Waals surface area contributed by atoms with Gasteiger partial charge in [0.05, 0.1) is 19.2 Å². The van der Waals surface area contributed by atoms with Crippen LogP contribution in [0.15, 0.2) is 35.9 Å². The topological polar surface area (TPSA) is 83.9 Å². The van der Waals surface area contributed by atoms with Gasteiger partial charge in [0.25, 0.3) is 0 Å². The van der Waals surface area contributed by atoms with E-state index in [1.54, 1.807) is 24.9 Å². The van der Waals surface area contributed by atoms with E-state index >= 15 is 0 Å². The van der Waals surface area contributed by atoms with Gasteiger partial charge in [-0.2, -0.15) is 0 Å². The highest BCUT2D eigenvalue weighted by molar-refractivity contribution is 5.94. The molecule has 2 aromatic rings. The average molecular weight is 553 g/mol. The van der Waals surface area contributed by atoms with Crippen LogP contribution in [0, 0.1) is 11.3 Å². The van der Waals surface area contributed by atoms with Crippen molar-refractivity contribution in [2.45, 2.75) is 85.5 Å². The molecule has 0 saturated heterocycles. The number of methoxy groups -OCH3 is 1. The second-order valence-electron chi connectivity index (χ2n) is 13.3. The first-order valence-corrected chi connectivity index (χ1v) is 14.1. The number of likely N-dealkylation sites (N-methyl/N-ethyl adjacent to an activating group) is 2. The van der Waals surface area contributed by atoms with Crippen molar-refractivity contribution >= 4 is 28.7 Å². The first-order chi connectivity index (χ1) is 18.4. The molecule has 1 N–H and O–H groups in total. The SMILES string of the molecule is COC(=O)/C(C)=C/C(C(C)C)N(C)C(=O)C(NC(=O)C1N(C)Cc2c(c3ccccc3n2C)C1(C)C)C(C)(C)C. The molecule has 0 spiro atoms. The van der Waals surface area contributed by atoms with Gasteiger partial charge in [0.2, 0.25) is 11.8 Å². The average Bonchev–Trinajstić information content (AvgIpc) is 3.15. The van der Waals surface area contributed by atoms with Gasteiger partial charge in [-0.05, 0) is 36.9 Å². The molecule has 220 valence electrons. The third-order valence-corrected chi connectivity index (χ3v) is 8.45. The van der Waals surface area contributed by atoms with E-state index in [1.165, 1.54) is 18.4 Å². The minimum Gasteiger partial charge on any atom is -0.466 e. The van der Waals surface area contributed by atoms with Crippen molar-refractivity contribution in [1.29, 1.82) is 0 Å². The zero-order valence-corrected chi connectivity index (χ0v) is 26.4. The Bertz CT molecular complexity index is 1310. The van der Waals surface area contributed by atoms with E-state index in [4.69, 9.17) is 4.74 Å². The van der Waals surface area contributed by atoms with E-state index in [0.29, 0.717) is 12.1 Å². The van der Waals surface area contributed by atoms with Crippen molar-refractivity contribution in [3.05, 3.63) is 47.2 Å². The monoisotopic (exact) mass is 552 g/mol. The predicted molar refractivity (Wildman–Crippen MR) is 160 cm³/mol. The molecule has 40 heavy (non-hydrogen) atoms. The molecule has 1 aliphatic heterocycles. The number of nitrogens with zero attached hydrogens (tertiary/aromatic N) is 3. The van der Waals surface area contributed by atoms with E-state index in [2.05, 4.69) is 47.8 Å². The van der Waals surface area contributed by atoms with Crippen molar-refractivity contribution in [2.75, 3.05) is 21.2 Å². The number of fused-ring (bicyclic) bond motifs is 3. The molecule has 0 saturated carbocycles. The van der Waals surface area contributed by atoms with Gasteiger partial charge in [0.15, 0.2) is 0 Å². The Balaban J connectivity index is 1.97. The van der Waals surface area contributed by atoms with Crippen LogP contribution in [0.1, 0.15) is 66.6 Å². The van der Waals surface area contributed by atoms with Crippen molar-refractivity contribution in [3.63, 3.8) is 0 Å². The number of hydrogen-bond donors (Lipinski definition) is 1. The number of carbonyl (C=O) groups excluding carboxylic acids is 3. The summed E-state index contributed by atoms with van der Waals surface area (Å²) in [5.41, 5.74) is 2.91. The predicted octanol–water partition coefficient (Wildman–Crippen LogP) is 4.40. The zero-order valence-electron chi connectivity index (χ0n) is 26.4.